The maximum atomic E-state index is 6.18. The van der Waals surface area contributed by atoms with Gasteiger partial charge in [-0.15, -0.1) is 0 Å². The van der Waals surface area contributed by atoms with Crippen LogP contribution in [0.3, 0.4) is 0 Å². The largest absolute Gasteiger partial charge is 0.518 e. The minimum Gasteiger partial charge on any atom is -0.518 e. The lowest BCUT2D eigenvalue weighted by molar-refractivity contribution is 0.241. The second-order valence-corrected chi connectivity index (χ2v) is 11.0. The molecule has 0 heterocycles. The average Bonchev–Trinajstić information content (AvgIpc) is 2.53. The van der Waals surface area contributed by atoms with E-state index >= 15 is 0 Å². The molecule has 0 spiro atoms. The fourth-order valence-corrected chi connectivity index (χ4v) is 4.56. The lowest BCUT2D eigenvalue weighted by atomic mass is 10.1. The lowest BCUT2D eigenvalue weighted by Gasteiger charge is -2.25. The van der Waals surface area contributed by atoms with Crippen molar-refractivity contribution < 1.29 is 8.85 Å². The molecule has 0 aromatic heterocycles. The van der Waals surface area contributed by atoms with Crippen LogP contribution < -0.4 is 4.43 Å². The van der Waals surface area contributed by atoms with Gasteiger partial charge in [-0.2, -0.15) is 0 Å². The van der Waals surface area contributed by atoms with Gasteiger partial charge in [-0.25, -0.2) is 0 Å². The molecule has 0 bridgehead atoms. The smallest absolute Gasteiger partial charge is 0.392 e. The van der Waals surface area contributed by atoms with Gasteiger partial charge in [0.2, 0.25) is 0 Å². The van der Waals surface area contributed by atoms with Crippen LogP contribution in [0.5, 0.6) is 5.75 Å². The van der Waals surface area contributed by atoms with E-state index in [2.05, 4.69) is 6.92 Å². The van der Waals surface area contributed by atoms with Crippen LogP contribution in [0.4, 0.5) is 0 Å². The monoisotopic (exact) mass is 410 g/mol. The summed E-state index contributed by atoms with van der Waals surface area (Å²) in [4.78, 5) is 0. The van der Waals surface area contributed by atoms with Crippen molar-refractivity contribution in [3.8, 4) is 5.75 Å². The highest BCUT2D eigenvalue weighted by atomic mass is 35.5. The third-order valence-corrected chi connectivity index (χ3v) is 6.48. The van der Waals surface area contributed by atoms with E-state index in [4.69, 9.17) is 43.7 Å². The zero-order valence-electron chi connectivity index (χ0n) is 15.0. The third kappa shape index (κ3) is 8.44. The molecule has 0 atom stereocenters. The van der Waals surface area contributed by atoms with Crippen LogP contribution in [-0.4, -0.2) is 15.2 Å². The van der Waals surface area contributed by atoms with E-state index in [0.717, 1.165) is 6.42 Å². The molecule has 138 valence electrons. The third-order valence-electron chi connectivity index (χ3n) is 3.80. The summed E-state index contributed by atoms with van der Waals surface area (Å²) in [7, 11) is -2.34. The van der Waals surface area contributed by atoms with Gasteiger partial charge in [0.25, 0.3) is 0 Å². The van der Waals surface area contributed by atoms with Gasteiger partial charge in [0, 0.05) is 6.61 Å². The van der Waals surface area contributed by atoms with Gasteiger partial charge in [0.15, 0.2) is 0 Å². The van der Waals surface area contributed by atoms with Crippen LogP contribution in [0.2, 0.25) is 28.2 Å². The summed E-state index contributed by atoms with van der Waals surface area (Å²) in [6.07, 6.45) is 10.2. The maximum absolute atomic E-state index is 6.18. The first-order valence-corrected chi connectivity index (χ1v) is 12.8. The van der Waals surface area contributed by atoms with Crippen molar-refractivity contribution in [1.82, 2.24) is 0 Å². The van der Waals surface area contributed by atoms with Crippen LogP contribution in [0.25, 0.3) is 0 Å². The number of benzene rings is 1. The average molecular weight is 412 g/mol. The van der Waals surface area contributed by atoms with Crippen molar-refractivity contribution in [2.45, 2.75) is 71.4 Å². The highest BCUT2D eigenvalue weighted by Crippen LogP contribution is 2.39. The highest BCUT2D eigenvalue weighted by molar-refractivity contribution is 6.65. The van der Waals surface area contributed by atoms with Gasteiger partial charge in [-0.05, 0) is 31.6 Å². The molecular weight excluding hydrogens is 383 g/mol. The van der Waals surface area contributed by atoms with Crippen molar-refractivity contribution in [3.63, 3.8) is 0 Å². The van der Waals surface area contributed by atoms with Crippen LogP contribution >= 0.6 is 34.8 Å². The number of hydrogen-bond acceptors (Lipinski definition) is 2. The second-order valence-electron chi connectivity index (χ2n) is 6.50. The lowest BCUT2D eigenvalue weighted by Crippen LogP contribution is -2.38. The normalized spacial score (nSPS) is 11.8. The second kappa shape index (κ2) is 11.6. The summed E-state index contributed by atoms with van der Waals surface area (Å²) >= 11 is 18.4. The molecule has 0 saturated carbocycles. The molecule has 0 aliphatic carbocycles. The molecule has 24 heavy (non-hydrogen) atoms. The Morgan fingerprint density at radius 3 is 2.00 bits per heavy atom. The predicted octanol–water partition coefficient (Wildman–Crippen LogP) is 7.88. The van der Waals surface area contributed by atoms with Crippen LogP contribution in [0, 0.1) is 0 Å². The molecule has 1 aromatic rings. The van der Waals surface area contributed by atoms with Crippen molar-refractivity contribution in [2.24, 2.45) is 0 Å². The van der Waals surface area contributed by atoms with Crippen LogP contribution in [0.15, 0.2) is 12.1 Å². The summed E-state index contributed by atoms with van der Waals surface area (Å²) in [5.74, 6) is 0.429. The molecule has 0 aliphatic heterocycles. The van der Waals surface area contributed by atoms with Gasteiger partial charge < -0.3 is 8.85 Å². The van der Waals surface area contributed by atoms with E-state index < -0.39 is 8.56 Å². The Hall–Kier alpha value is 0.0669. The molecule has 0 N–H and O–H groups in total. The Morgan fingerprint density at radius 2 is 1.38 bits per heavy atom. The number of rotatable bonds is 12. The van der Waals surface area contributed by atoms with E-state index in [0.29, 0.717) is 27.4 Å². The van der Waals surface area contributed by atoms with Crippen LogP contribution in [0.1, 0.15) is 58.3 Å². The Morgan fingerprint density at radius 1 is 0.833 bits per heavy atom. The Bertz CT molecular complexity index is 495. The predicted molar refractivity (Wildman–Crippen MR) is 108 cm³/mol. The highest BCUT2D eigenvalue weighted by Gasteiger charge is 2.29. The summed E-state index contributed by atoms with van der Waals surface area (Å²) in [6, 6.07) is 3.35. The first-order chi connectivity index (χ1) is 11.4. The molecule has 1 rings (SSSR count). The Balaban J connectivity index is 2.29. The minimum atomic E-state index is -2.34. The minimum absolute atomic E-state index is 0.348. The molecule has 6 heteroatoms. The van der Waals surface area contributed by atoms with E-state index in [1.165, 1.54) is 44.9 Å². The van der Waals surface area contributed by atoms with Crippen LogP contribution in [-0.2, 0) is 4.43 Å². The molecule has 0 unspecified atom stereocenters. The van der Waals surface area contributed by atoms with Crippen molar-refractivity contribution in [1.29, 1.82) is 0 Å². The van der Waals surface area contributed by atoms with Gasteiger partial charge in [-0.1, -0.05) is 86.7 Å². The molecule has 0 radical (unpaired) electrons. The molecular formula is C18H29Cl3O2Si. The zero-order valence-corrected chi connectivity index (χ0v) is 18.2. The van der Waals surface area contributed by atoms with Gasteiger partial charge in [0.05, 0.1) is 10.0 Å². The molecule has 1 aromatic carbocycles. The van der Waals surface area contributed by atoms with E-state index in [9.17, 15) is 0 Å². The number of unbranched alkanes of at least 4 members (excludes halogenated alkanes) is 7. The summed E-state index contributed by atoms with van der Waals surface area (Å²) in [6.45, 7) is 6.94. The van der Waals surface area contributed by atoms with Crippen molar-refractivity contribution in [3.05, 3.63) is 27.2 Å². The number of halogens is 3. The fourth-order valence-electron chi connectivity index (χ4n) is 2.43. The number of hydrogen-bond donors (Lipinski definition) is 0. The van der Waals surface area contributed by atoms with Gasteiger partial charge >= 0.3 is 8.56 Å². The first-order valence-electron chi connectivity index (χ1n) is 8.84. The Kier molecular flexibility index (Phi) is 10.7. The maximum Gasteiger partial charge on any atom is 0.392 e. The molecule has 0 aliphatic rings. The van der Waals surface area contributed by atoms with Gasteiger partial charge in [0.1, 0.15) is 10.8 Å². The SMILES string of the molecule is CCCCCCCCCCO[Si](C)(C)Oc1c(Cl)ccc(Cl)c1Cl. The standard InChI is InChI=1S/C18H29Cl3O2Si/c1-4-5-6-7-8-9-10-11-14-22-24(2,3)23-18-16(20)13-12-15(19)17(18)21/h12-13H,4-11,14H2,1-3H3. The Labute approximate surface area is 163 Å². The van der Waals surface area contributed by atoms with Crippen molar-refractivity contribution in [2.75, 3.05) is 6.61 Å². The topological polar surface area (TPSA) is 18.5 Å². The first kappa shape index (κ1) is 22.1. The molecule has 2 nitrogen and oxygen atoms in total. The summed E-state index contributed by atoms with van der Waals surface area (Å²) in [5.41, 5.74) is 0. The fraction of sp³-hybridized carbons (Fsp3) is 0.667. The molecule has 0 saturated heterocycles. The van der Waals surface area contributed by atoms with E-state index in [-0.39, 0.29) is 0 Å². The molecule has 0 amide bonds. The quantitative estimate of drug-likeness (QED) is 0.198. The summed E-state index contributed by atoms with van der Waals surface area (Å²) < 4.78 is 12.0. The van der Waals surface area contributed by atoms with Gasteiger partial charge in [-0.3, -0.25) is 0 Å². The van der Waals surface area contributed by atoms with Crippen molar-refractivity contribution >= 4 is 43.4 Å². The zero-order chi connectivity index (χ0) is 18.0. The van der Waals surface area contributed by atoms with E-state index in [1.54, 1.807) is 12.1 Å². The summed E-state index contributed by atoms with van der Waals surface area (Å²) in [5, 5.41) is 1.24. The molecule has 0 fully saturated rings. The van der Waals surface area contributed by atoms with E-state index in [1.807, 2.05) is 13.1 Å².